The molecule has 0 saturated heterocycles. The van der Waals surface area contributed by atoms with E-state index in [4.69, 9.17) is 0 Å². The van der Waals surface area contributed by atoms with Crippen LogP contribution >= 0.6 is 0 Å². The Kier molecular flexibility index (Phi) is 6.36. The Morgan fingerprint density at radius 3 is 2.43 bits per heavy atom. The molecular weight excluding hydrogens is 256 g/mol. The molecule has 0 aliphatic heterocycles. The fraction of sp³-hybridized carbons (Fsp3) is 0.350. The van der Waals surface area contributed by atoms with Gasteiger partial charge in [0.05, 0.1) is 0 Å². The quantitative estimate of drug-likeness (QED) is 0.370. The van der Waals surface area contributed by atoms with Crippen LogP contribution in [-0.4, -0.2) is 6.29 Å². The van der Waals surface area contributed by atoms with Crippen LogP contribution in [0.25, 0.3) is 0 Å². The summed E-state index contributed by atoms with van der Waals surface area (Å²) in [5.41, 5.74) is 5.09. The summed E-state index contributed by atoms with van der Waals surface area (Å²) in [7, 11) is 0. The van der Waals surface area contributed by atoms with E-state index in [0.717, 1.165) is 18.3 Å². The summed E-state index contributed by atoms with van der Waals surface area (Å²) in [6, 6.07) is 0. The van der Waals surface area contributed by atoms with Crippen molar-refractivity contribution < 1.29 is 4.79 Å². The van der Waals surface area contributed by atoms with Gasteiger partial charge in [0.1, 0.15) is 6.29 Å². The minimum absolute atomic E-state index is 0.203. The van der Waals surface area contributed by atoms with Crippen LogP contribution in [0.2, 0.25) is 0 Å². The molecule has 0 atom stereocenters. The van der Waals surface area contributed by atoms with E-state index in [0.29, 0.717) is 0 Å². The summed E-state index contributed by atoms with van der Waals surface area (Å²) in [4.78, 5) is 10.3. The standard InChI is InChI=1S/C20H26O/c1-16(8-6-9-17(2)13-15-21)11-12-19-18(3)10-7-14-20(19,4)5/h6-13,15H,14H2,1-5H3/b9-6+,12-11+,16-8-,17-13+. The SMILES string of the molecule is CC1=C(/C=C/C(C)=C\C=C\C(C)=C\C=O)C(C)(C)CC=C1. The van der Waals surface area contributed by atoms with Crippen molar-refractivity contribution in [3.63, 3.8) is 0 Å². The molecule has 0 fully saturated rings. The molecule has 0 aromatic heterocycles. The molecule has 0 amide bonds. The van der Waals surface area contributed by atoms with Crippen molar-refractivity contribution in [3.8, 4) is 0 Å². The van der Waals surface area contributed by atoms with Gasteiger partial charge in [0.15, 0.2) is 0 Å². The van der Waals surface area contributed by atoms with E-state index in [1.165, 1.54) is 16.7 Å². The average Bonchev–Trinajstić information content (AvgIpc) is 2.37. The Morgan fingerprint density at radius 1 is 1.14 bits per heavy atom. The summed E-state index contributed by atoms with van der Waals surface area (Å²) in [6.07, 6.45) is 18.3. The summed E-state index contributed by atoms with van der Waals surface area (Å²) >= 11 is 0. The number of rotatable bonds is 5. The monoisotopic (exact) mass is 282 g/mol. The number of carbonyl (C=O) groups excluding carboxylic acids is 1. The normalized spacial score (nSPS) is 19.9. The Hall–Kier alpha value is -1.89. The van der Waals surface area contributed by atoms with E-state index in [9.17, 15) is 4.79 Å². The first-order valence-corrected chi connectivity index (χ1v) is 7.40. The maximum absolute atomic E-state index is 10.3. The molecule has 1 rings (SSSR count). The highest BCUT2D eigenvalue weighted by Crippen LogP contribution is 2.37. The van der Waals surface area contributed by atoms with Crippen LogP contribution in [-0.2, 0) is 4.79 Å². The molecule has 1 aliphatic carbocycles. The van der Waals surface area contributed by atoms with Crippen molar-refractivity contribution in [1.82, 2.24) is 0 Å². The van der Waals surface area contributed by atoms with Gasteiger partial charge in [-0.25, -0.2) is 0 Å². The van der Waals surface area contributed by atoms with Crippen molar-refractivity contribution in [2.45, 2.75) is 41.0 Å². The Balaban J connectivity index is 2.82. The molecule has 1 aliphatic rings. The Morgan fingerprint density at radius 2 is 1.81 bits per heavy atom. The number of carbonyl (C=O) groups is 1. The first-order valence-electron chi connectivity index (χ1n) is 7.40. The number of hydrogen-bond donors (Lipinski definition) is 0. The zero-order valence-corrected chi connectivity index (χ0v) is 13.8. The van der Waals surface area contributed by atoms with Crippen LogP contribution in [0.3, 0.4) is 0 Å². The molecule has 112 valence electrons. The topological polar surface area (TPSA) is 17.1 Å². The highest BCUT2D eigenvalue weighted by atomic mass is 16.1. The first kappa shape index (κ1) is 17.2. The van der Waals surface area contributed by atoms with Crippen LogP contribution in [0, 0.1) is 5.41 Å². The van der Waals surface area contributed by atoms with Gasteiger partial charge in [-0.3, -0.25) is 4.79 Å². The molecule has 1 nitrogen and oxygen atoms in total. The molecule has 0 spiro atoms. The fourth-order valence-corrected chi connectivity index (χ4v) is 2.41. The van der Waals surface area contributed by atoms with Gasteiger partial charge < -0.3 is 0 Å². The number of allylic oxidation sites excluding steroid dienone is 12. The van der Waals surface area contributed by atoms with E-state index < -0.39 is 0 Å². The third kappa shape index (κ3) is 5.55. The van der Waals surface area contributed by atoms with Crippen LogP contribution in [0.4, 0.5) is 0 Å². The molecule has 0 heterocycles. The van der Waals surface area contributed by atoms with Crippen molar-refractivity contribution in [3.05, 3.63) is 70.9 Å². The van der Waals surface area contributed by atoms with E-state index in [1.54, 1.807) is 6.08 Å². The second-order valence-electron chi connectivity index (χ2n) is 6.24. The summed E-state index contributed by atoms with van der Waals surface area (Å²) in [5.74, 6) is 0. The molecule has 0 saturated carbocycles. The van der Waals surface area contributed by atoms with Gasteiger partial charge in [-0.2, -0.15) is 0 Å². The Labute approximate surface area is 129 Å². The molecule has 0 unspecified atom stereocenters. The van der Waals surface area contributed by atoms with Crippen molar-refractivity contribution in [2.24, 2.45) is 5.41 Å². The van der Waals surface area contributed by atoms with Gasteiger partial charge in [0.2, 0.25) is 0 Å². The lowest BCUT2D eigenvalue weighted by Crippen LogP contribution is -2.16. The second-order valence-corrected chi connectivity index (χ2v) is 6.24. The van der Waals surface area contributed by atoms with Crippen LogP contribution < -0.4 is 0 Å². The molecule has 1 heteroatoms. The number of aldehydes is 1. The van der Waals surface area contributed by atoms with Gasteiger partial charge >= 0.3 is 0 Å². The fourth-order valence-electron chi connectivity index (χ4n) is 2.41. The summed E-state index contributed by atoms with van der Waals surface area (Å²) < 4.78 is 0. The predicted molar refractivity (Wildman–Crippen MR) is 92.1 cm³/mol. The van der Waals surface area contributed by atoms with Gasteiger partial charge in [0, 0.05) is 0 Å². The van der Waals surface area contributed by atoms with Crippen molar-refractivity contribution >= 4 is 6.29 Å². The van der Waals surface area contributed by atoms with Crippen LogP contribution in [0.5, 0.6) is 0 Å². The van der Waals surface area contributed by atoms with Crippen molar-refractivity contribution in [1.29, 1.82) is 0 Å². The third-order valence-electron chi connectivity index (χ3n) is 3.71. The van der Waals surface area contributed by atoms with Crippen molar-refractivity contribution in [2.75, 3.05) is 0 Å². The third-order valence-corrected chi connectivity index (χ3v) is 3.71. The Bertz CT molecular complexity index is 561. The van der Waals surface area contributed by atoms with Crippen LogP contribution in [0.1, 0.15) is 41.0 Å². The van der Waals surface area contributed by atoms with E-state index in [-0.39, 0.29) is 5.41 Å². The summed E-state index contributed by atoms with van der Waals surface area (Å²) in [5, 5.41) is 0. The molecular formula is C20H26O. The largest absolute Gasteiger partial charge is 0.299 e. The highest BCUT2D eigenvalue weighted by Gasteiger charge is 2.23. The highest BCUT2D eigenvalue weighted by molar-refractivity contribution is 5.66. The van der Waals surface area contributed by atoms with E-state index >= 15 is 0 Å². The molecule has 0 radical (unpaired) electrons. The zero-order valence-electron chi connectivity index (χ0n) is 13.8. The maximum atomic E-state index is 10.3. The maximum Gasteiger partial charge on any atom is 0.143 e. The minimum atomic E-state index is 0.203. The summed E-state index contributed by atoms with van der Waals surface area (Å²) in [6.45, 7) is 10.7. The van der Waals surface area contributed by atoms with E-state index in [2.05, 4.69) is 58.1 Å². The van der Waals surface area contributed by atoms with Crippen LogP contribution in [0.15, 0.2) is 70.9 Å². The zero-order chi connectivity index (χ0) is 15.9. The number of hydrogen-bond acceptors (Lipinski definition) is 1. The van der Waals surface area contributed by atoms with Gasteiger partial charge in [-0.1, -0.05) is 62.0 Å². The predicted octanol–water partition coefficient (Wildman–Crippen LogP) is 5.49. The van der Waals surface area contributed by atoms with E-state index in [1.807, 2.05) is 19.1 Å². The lowest BCUT2D eigenvalue weighted by molar-refractivity contribution is -0.104. The molecule has 0 bridgehead atoms. The molecule has 21 heavy (non-hydrogen) atoms. The minimum Gasteiger partial charge on any atom is -0.299 e. The van der Waals surface area contributed by atoms with Gasteiger partial charge in [0.25, 0.3) is 0 Å². The first-order chi connectivity index (χ1) is 9.86. The molecule has 0 aromatic carbocycles. The van der Waals surface area contributed by atoms with Gasteiger partial charge in [-0.05, 0) is 55.4 Å². The lowest BCUT2D eigenvalue weighted by Gasteiger charge is -2.29. The second kappa shape index (κ2) is 7.78. The average molecular weight is 282 g/mol. The molecule has 0 aromatic rings. The lowest BCUT2D eigenvalue weighted by atomic mass is 9.75. The van der Waals surface area contributed by atoms with Gasteiger partial charge in [-0.15, -0.1) is 0 Å². The molecule has 0 N–H and O–H groups in total. The smallest absolute Gasteiger partial charge is 0.143 e.